The lowest BCUT2D eigenvalue weighted by molar-refractivity contribution is 0.669. The molecule has 0 aliphatic carbocycles. The van der Waals surface area contributed by atoms with E-state index in [1.165, 1.54) is 120 Å². The minimum Gasteiger partial charge on any atom is -0.456 e. The van der Waals surface area contributed by atoms with E-state index in [0.717, 1.165) is 87.9 Å². The van der Waals surface area contributed by atoms with E-state index in [2.05, 4.69) is 328 Å². The molecule has 0 spiro atoms. The van der Waals surface area contributed by atoms with Gasteiger partial charge in [0, 0.05) is 38.2 Å². The summed E-state index contributed by atoms with van der Waals surface area (Å²) >= 11 is 0. The highest BCUT2D eigenvalue weighted by Crippen LogP contribution is 2.56. The molecule has 0 saturated heterocycles. The third-order valence-corrected chi connectivity index (χ3v) is 20.2. The summed E-state index contributed by atoms with van der Waals surface area (Å²) in [4.78, 5) is 0. The molecule has 0 fully saturated rings. The quantitative estimate of drug-likeness (QED) is 0.149. The van der Waals surface area contributed by atoms with E-state index < -0.39 is 0 Å². The smallest absolute Gasteiger partial charge is 0.144 e. The fraction of sp³-hybridized carbons (Fsp3) is 0. The number of hydrogen-bond donors (Lipinski definition) is 0. The maximum atomic E-state index is 7.49. The van der Waals surface area contributed by atoms with Crippen LogP contribution in [-0.2, 0) is 0 Å². The summed E-state index contributed by atoms with van der Waals surface area (Å²) < 4.78 is 14.2. The molecule has 2 nitrogen and oxygen atoms in total. The van der Waals surface area contributed by atoms with Gasteiger partial charge in [0.1, 0.15) is 22.3 Å². The highest BCUT2D eigenvalue weighted by molar-refractivity contribution is 6.34. The summed E-state index contributed by atoms with van der Waals surface area (Å²) in [5, 5.41) is 23.4. The van der Waals surface area contributed by atoms with Crippen molar-refractivity contribution < 1.29 is 8.83 Å². The second-order valence-electron chi connectivity index (χ2n) is 25.1. The van der Waals surface area contributed by atoms with E-state index >= 15 is 0 Å². The zero-order chi connectivity index (χ0) is 61.5. The lowest BCUT2D eigenvalue weighted by Crippen LogP contribution is -1.96. The van der Waals surface area contributed by atoms with E-state index in [4.69, 9.17) is 8.83 Å². The molecule has 0 bridgehead atoms. The van der Waals surface area contributed by atoms with Crippen LogP contribution in [0.15, 0.2) is 336 Å². The monoisotopic (exact) mass is 1190 g/mol. The predicted molar refractivity (Wildman–Crippen MR) is 399 cm³/mol. The topological polar surface area (TPSA) is 26.3 Å². The highest BCUT2D eigenvalue weighted by atomic mass is 16.3. The van der Waals surface area contributed by atoms with Crippen molar-refractivity contribution in [3.63, 3.8) is 0 Å². The van der Waals surface area contributed by atoms with Crippen molar-refractivity contribution in [1.29, 1.82) is 0 Å². The fourth-order valence-electron chi connectivity index (χ4n) is 16.3. The number of benzene rings is 18. The first-order valence-corrected chi connectivity index (χ1v) is 32.5. The molecule has 0 aliphatic heterocycles. The predicted octanol–water partition coefficient (Wildman–Crippen LogP) is 26.4. The number of furan rings is 2. The Labute approximate surface area is 541 Å². The lowest BCUT2D eigenvalue weighted by Gasteiger charge is -2.23. The zero-order valence-electron chi connectivity index (χ0n) is 51.0. The molecule has 2 heteroatoms. The van der Waals surface area contributed by atoms with Crippen LogP contribution in [0.1, 0.15) is 0 Å². The van der Waals surface area contributed by atoms with E-state index in [-0.39, 0.29) is 0 Å². The molecule has 0 radical (unpaired) electrons. The molecule has 434 valence electrons. The first-order valence-electron chi connectivity index (χ1n) is 32.5. The normalized spacial score (nSPS) is 12.0. The van der Waals surface area contributed by atoms with Crippen molar-refractivity contribution >= 4 is 130 Å². The fourth-order valence-corrected chi connectivity index (χ4v) is 16.3. The number of rotatable bonds is 7. The van der Waals surface area contributed by atoms with Gasteiger partial charge in [-0.05, 0) is 178 Å². The molecule has 2 aromatic heterocycles. The zero-order valence-corrected chi connectivity index (χ0v) is 51.0. The maximum Gasteiger partial charge on any atom is 0.144 e. The molecule has 0 amide bonds. The van der Waals surface area contributed by atoms with Gasteiger partial charge in [-0.3, -0.25) is 0 Å². The van der Waals surface area contributed by atoms with Gasteiger partial charge in [-0.2, -0.15) is 0 Å². The van der Waals surface area contributed by atoms with Crippen LogP contribution in [0.4, 0.5) is 0 Å². The summed E-state index contributed by atoms with van der Waals surface area (Å²) in [6.45, 7) is 0. The summed E-state index contributed by atoms with van der Waals surface area (Å²) in [7, 11) is 0. The van der Waals surface area contributed by atoms with Crippen LogP contribution < -0.4 is 0 Å². The molecular formula is C92H54O2. The largest absolute Gasteiger partial charge is 0.456 e. The maximum absolute atomic E-state index is 7.49. The number of fused-ring (bicyclic) bond motifs is 14. The summed E-state index contributed by atoms with van der Waals surface area (Å²) in [6, 6.07) is 121. The van der Waals surface area contributed by atoms with Gasteiger partial charge in [-0.15, -0.1) is 0 Å². The van der Waals surface area contributed by atoms with Crippen LogP contribution in [0.2, 0.25) is 0 Å². The van der Waals surface area contributed by atoms with Gasteiger partial charge in [0.25, 0.3) is 0 Å². The molecule has 0 saturated carbocycles. The molecule has 0 N–H and O–H groups in total. The van der Waals surface area contributed by atoms with E-state index in [0.29, 0.717) is 0 Å². The second kappa shape index (κ2) is 20.6. The van der Waals surface area contributed by atoms with E-state index in [9.17, 15) is 0 Å². The Morgan fingerprint density at radius 2 is 0.543 bits per heavy atom. The molecule has 20 rings (SSSR count). The van der Waals surface area contributed by atoms with Gasteiger partial charge in [-0.25, -0.2) is 0 Å². The number of hydrogen-bond acceptors (Lipinski definition) is 2. The number of para-hydroxylation sites is 2. The Bertz CT molecular complexity index is 6490. The Hall–Kier alpha value is -12.4. The highest BCUT2D eigenvalue weighted by Gasteiger charge is 2.29. The van der Waals surface area contributed by atoms with Crippen molar-refractivity contribution in [2.45, 2.75) is 0 Å². The van der Waals surface area contributed by atoms with Crippen molar-refractivity contribution in [3.8, 4) is 77.9 Å². The van der Waals surface area contributed by atoms with E-state index in [1.807, 2.05) is 0 Å². The molecule has 0 aliphatic rings. The molecular weight excluding hydrogens is 1140 g/mol. The van der Waals surface area contributed by atoms with Crippen molar-refractivity contribution in [1.82, 2.24) is 0 Å². The summed E-state index contributed by atoms with van der Waals surface area (Å²) in [6.07, 6.45) is 0. The lowest BCUT2D eigenvalue weighted by atomic mass is 9.80. The SMILES string of the molecule is c1cc(-c2cccc3ccccc23)cc(-c2c3ccccc3c(-c3c4ccccc4c(-c4ccc(-c5c6ccccc6c(-c6c7ccccc7cc7oc8ccccc8c67)c6ccccc56)c(-c5cccc6ccccc56)c4)c4oc5ccccc5c34)c3ccccc23)c1. The first kappa shape index (κ1) is 52.4. The standard InChI is InChI=1S/C92H54O2/c1-4-31-61-55(24-1)27-22-46-63(61)57-29-21-30-59(52-57)83-66-34-7-12-39-71(66)87(72-40-13-8-35-67(72)83)90-75-43-16-9-36-68(75)84(92-91(90)78-45-18-20-49-81(78)94-92)60-50-51-76(79(53-60)65-47-23-28-56-25-2-5-32-62(56)65)85-69-37-10-14-41-73(69)86(74-42-15-11-38-70(74)85)89-64-33-6-3-26-58(64)54-82-88(89)77-44-17-19-48-80(77)93-82/h1-54H. The Morgan fingerprint density at radius 1 is 0.160 bits per heavy atom. The van der Waals surface area contributed by atoms with E-state index in [1.54, 1.807) is 0 Å². The van der Waals surface area contributed by atoms with Crippen molar-refractivity contribution in [2.75, 3.05) is 0 Å². The molecule has 94 heavy (non-hydrogen) atoms. The van der Waals surface area contributed by atoms with Gasteiger partial charge < -0.3 is 8.83 Å². The van der Waals surface area contributed by atoms with Crippen LogP contribution in [0, 0.1) is 0 Å². The Balaban J connectivity index is 0.864. The van der Waals surface area contributed by atoms with Gasteiger partial charge >= 0.3 is 0 Å². The second-order valence-corrected chi connectivity index (χ2v) is 25.1. The van der Waals surface area contributed by atoms with Gasteiger partial charge in [0.05, 0.1) is 0 Å². The van der Waals surface area contributed by atoms with Crippen LogP contribution in [0.5, 0.6) is 0 Å². The summed E-state index contributed by atoms with van der Waals surface area (Å²) in [5.41, 5.74) is 19.8. The third kappa shape index (κ3) is 7.72. The average molecular weight is 1190 g/mol. The molecule has 0 atom stereocenters. The molecule has 2 heterocycles. The van der Waals surface area contributed by atoms with Gasteiger partial charge in [0.2, 0.25) is 0 Å². The molecule has 18 aromatic carbocycles. The van der Waals surface area contributed by atoms with Crippen LogP contribution in [0.3, 0.4) is 0 Å². The van der Waals surface area contributed by atoms with Crippen LogP contribution in [0.25, 0.3) is 208 Å². The molecule has 0 unspecified atom stereocenters. The first-order chi connectivity index (χ1) is 46.7. The summed E-state index contributed by atoms with van der Waals surface area (Å²) in [5.74, 6) is 0. The Kier molecular flexibility index (Phi) is 11.5. The minimum absolute atomic E-state index is 0.849. The third-order valence-electron chi connectivity index (χ3n) is 20.2. The van der Waals surface area contributed by atoms with Crippen molar-refractivity contribution in [3.05, 3.63) is 328 Å². The average Bonchev–Trinajstić information content (AvgIpc) is 1.05. The minimum atomic E-state index is 0.849. The van der Waals surface area contributed by atoms with Gasteiger partial charge in [-0.1, -0.05) is 297 Å². The van der Waals surface area contributed by atoms with Crippen LogP contribution >= 0.6 is 0 Å². The Morgan fingerprint density at radius 3 is 1.13 bits per heavy atom. The van der Waals surface area contributed by atoms with Crippen molar-refractivity contribution in [2.24, 2.45) is 0 Å². The van der Waals surface area contributed by atoms with Gasteiger partial charge in [0.15, 0.2) is 0 Å². The van der Waals surface area contributed by atoms with Crippen LogP contribution in [-0.4, -0.2) is 0 Å². The molecule has 20 aromatic rings.